The number of likely N-dealkylation sites (tertiary alicyclic amines) is 2. The zero-order valence-electron chi connectivity index (χ0n) is 16.9. The van der Waals surface area contributed by atoms with Crippen LogP contribution >= 0.6 is 0 Å². The molecule has 0 bridgehead atoms. The molecule has 1 saturated carbocycles. The Balaban J connectivity index is 1.28. The largest absolute Gasteiger partial charge is 0.481 e. The summed E-state index contributed by atoms with van der Waals surface area (Å²) in [7, 11) is 0. The van der Waals surface area contributed by atoms with E-state index in [2.05, 4.69) is 15.0 Å². The zero-order chi connectivity index (χ0) is 20.7. The predicted octanol–water partition coefficient (Wildman–Crippen LogP) is 2.27. The zero-order valence-corrected chi connectivity index (χ0v) is 16.9. The van der Waals surface area contributed by atoms with Crippen molar-refractivity contribution in [1.82, 2.24) is 19.9 Å². The fourth-order valence-corrected chi connectivity index (χ4v) is 5.12. The number of nitrogens with zero attached hydrogens (tertiary/aromatic N) is 4. The SMILES string of the molecule is O=C(O)CC[C@]12CN(Cc3cc(-c4ccccn4)no3)C[C@H]1CN(C(=O)C1CC1)C2. The van der Waals surface area contributed by atoms with Crippen molar-refractivity contribution in [2.45, 2.75) is 32.2 Å². The average molecular weight is 410 g/mol. The first kappa shape index (κ1) is 19.2. The highest BCUT2D eigenvalue weighted by Gasteiger charge is 2.54. The molecule has 2 saturated heterocycles. The monoisotopic (exact) mass is 410 g/mol. The summed E-state index contributed by atoms with van der Waals surface area (Å²) in [6.07, 6.45) is 4.47. The van der Waals surface area contributed by atoms with Crippen molar-refractivity contribution in [2.24, 2.45) is 17.3 Å². The number of carbonyl (C=O) groups is 2. The van der Waals surface area contributed by atoms with Gasteiger partial charge in [0.1, 0.15) is 5.69 Å². The first-order chi connectivity index (χ1) is 14.5. The number of carbonyl (C=O) groups excluding carboxylic acids is 1. The van der Waals surface area contributed by atoms with Gasteiger partial charge in [-0.05, 0) is 37.3 Å². The highest BCUT2D eigenvalue weighted by molar-refractivity contribution is 5.81. The van der Waals surface area contributed by atoms with Crippen LogP contribution < -0.4 is 0 Å². The molecule has 0 radical (unpaired) electrons. The minimum atomic E-state index is -0.774. The van der Waals surface area contributed by atoms with Crippen molar-refractivity contribution in [1.29, 1.82) is 0 Å². The molecule has 0 aromatic carbocycles. The molecule has 8 heteroatoms. The van der Waals surface area contributed by atoms with Crippen LogP contribution in [0, 0.1) is 17.3 Å². The van der Waals surface area contributed by atoms with E-state index in [0.29, 0.717) is 31.1 Å². The van der Waals surface area contributed by atoms with E-state index in [4.69, 9.17) is 4.52 Å². The predicted molar refractivity (Wildman–Crippen MR) is 107 cm³/mol. The summed E-state index contributed by atoms with van der Waals surface area (Å²) in [6.45, 7) is 3.65. The fourth-order valence-electron chi connectivity index (χ4n) is 5.12. The molecule has 1 amide bonds. The number of hydrogen-bond acceptors (Lipinski definition) is 6. The van der Waals surface area contributed by atoms with Crippen molar-refractivity contribution in [3.8, 4) is 11.4 Å². The fraction of sp³-hybridized carbons (Fsp3) is 0.545. The van der Waals surface area contributed by atoms with Gasteiger partial charge >= 0.3 is 5.97 Å². The third kappa shape index (κ3) is 3.71. The number of fused-ring (bicyclic) bond motifs is 1. The van der Waals surface area contributed by atoms with E-state index in [-0.39, 0.29) is 23.7 Å². The molecule has 2 aliphatic heterocycles. The van der Waals surface area contributed by atoms with Gasteiger partial charge in [0, 0.05) is 56.2 Å². The van der Waals surface area contributed by atoms with Crippen LogP contribution in [0.2, 0.25) is 0 Å². The summed E-state index contributed by atoms with van der Waals surface area (Å²) in [6, 6.07) is 7.60. The molecule has 1 aliphatic carbocycles. The van der Waals surface area contributed by atoms with Gasteiger partial charge in [-0.1, -0.05) is 11.2 Å². The molecular weight excluding hydrogens is 384 g/mol. The molecular formula is C22H26N4O4. The van der Waals surface area contributed by atoms with Crippen molar-refractivity contribution in [3.05, 3.63) is 36.2 Å². The molecule has 8 nitrogen and oxygen atoms in total. The summed E-state index contributed by atoms with van der Waals surface area (Å²) in [5.41, 5.74) is 1.34. The maximum atomic E-state index is 12.6. The Morgan fingerprint density at radius 1 is 1.20 bits per heavy atom. The number of pyridine rings is 1. The molecule has 2 atom stereocenters. The van der Waals surface area contributed by atoms with Crippen LogP contribution in [0.1, 0.15) is 31.4 Å². The maximum absolute atomic E-state index is 12.6. The molecule has 2 aromatic rings. The molecule has 4 heterocycles. The smallest absolute Gasteiger partial charge is 0.303 e. The molecule has 2 aromatic heterocycles. The summed E-state index contributed by atoms with van der Waals surface area (Å²) in [4.78, 5) is 32.5. The van der Waals surface area contributed by atoms with Crippen LogP contribution in [-0.2, 0) is 16.1 Å². The topological polar surface area (TPSA) is 99.8 Å². The van der Waals surface area contributed by atoms with Gasteiger partial charge in [0.25, 0.3) is 0 Å². The third-order valence-corrected chi connectivity index (χ3v) is 6.77. The van der Waals surface area contributed by atoms with E-state index in [9.17, 15) is 14.7 Å². The van der Waals surface area contributed by atoms with E-state index in [1.807, 2.05) is 29.2 Å². The van der Waals surface area contributed by atoms with E-state index in [1.165, 1.54) is 0 Å². The van der Waals surface area contributed by atoms with Gasteiger partial charge in [0.05, 0.1) is 12.2 Å². The van der Waals surface area contributed by atoms with Gasteiger partial charge in [-0.3, -0.25) is 19.5 Å². The molecule has 3 fully saturated rings. The highest BCUT2D eigenvalue weighted by Crippen LogP contribution is 2.47. The normalized spacial score (nSPS) is 26.1. The summed E-state index contributed by atoms with van der Waals surface area (Å²) >= 11 is 0. The van der Waals surface area contributed by atoms with Crippen molar-refractivity contribution in [3.63, 3.8) is 0 Å². The highest BCUT2D eigenvalue weighted by atomic mass is 16.5. The van der Waals surface area contributed by atoms with Gasteiger partial charge in [-0.2, -0.15) is 0 Å². The lowest BCUT2D eigenvalue weighted by atomic mass is 9.77. The van der Waals surface area contributed by atoms with Crippen LogP contribution in [0.5, 0.6) is 0 Å². The minimum Gasteiger partial charge on any atom is -0.481 e. The second-order valence-electron chi connectivity index (χ2n) is 9.01. The molecule has 1 N–H and O–H groups in total. The van der Waals surface area contributed by atoms with Gasteiger partial charge in [-0.15, -0.1) is 0 Å². The number of amides is 1. The Hall–Kier alpha value is -2.74. The number of aliphatic carboxylic acids is 1. The van der Waals surface area contributed by atoms with Gasteiger partial charge in [0.15, 0.2) is 5.76 Å². The van der Waals surface area contributed by atoms with E-state index in [1.54, 1.807) is 6.20 Å². The van der Waals surface area contributed by atoms with Crippen molar-refractivity contribution >= 4 is 11.9 Å². The van der Waals surface area contributed by atoms with Crippen LogP contribution in [0.15, 0.2) is 35.0 Å². The second kappa shape index (κ2) is 7.50. The first-order valence-corrected chi connectivity index (χ1v) is 10.6. The van der Waals surface area contributed by atoms with Gasteiger partial charge in [0.2, 0.25) is 5.91 Å². The molecule has 3 aliphatic rings. The number of hydrogen-bond donors (Lipinski definition) is 1. The molecule has 0 unspecified atom stereocenters. The lowest BCUT2D eigenvalue weighted by Crippen LogP contribution is -2.37. The van der Waals surface area contributed by atoms with Gasteiger partial charge < -0.3 is 14.5 Å². The lowest BCUT2D eigenvalue weighted by molar-refractivity contribution is -0.137. The number of carboxylic acid groups (broad SMARTS) is 1. The lowest BCUT2D eigenvalue weighted by Gasteiger charge is -2.29. The Labute approximate surface area is 174 Å². The second-order valence-corrected chi connectivity index (χ2v) is 9.01. The molecule has 0 spiro atoms. The third-order valence-electron chi connectivity index (χ3n) is 6.77. The number of aromatic nitrogens is 2. The Morgan fingerprint density at radius 2 is 2.07 bits per heavy atom. The standard InChI is InChI=1S/C22H26N4O4/c27-20(28)6-7-22-13-25(10-16(22)11-26(14-22)21(29)15-4-5-15)12-17-9-19(24-30-17)18-3-1-2-8-23-18/h1-3,8-9,15-16H,4-7,10-14H2,(H,27,28)/t16-,22+/m0/s1. The van der Waals surface area contributed by atoms with E-state index in [0.717, 1.165) is 43.9 Å². The minimum absolute atomic E-state index is 0.141. The van der Waals surface area contributed by atoms with Gasteiger partial charge in [-0.25, -0.2) is 0 Å². The molecule has 158 valence electrons. The van der Waals surface area contributed by atoms with E-state index >= 15 is 0 Å². The summed E-state index contributed by atoms with van der Waals surface area (Å²) in [5.74, 6) is 0.771. The number of carboxylic acids is 1. The van der Waals surface area contributed by atoms with Crippen LogP contribution in [0.4, 0.5) is 0 Å². The quantitative estimate of drug-likeness (QED) is 0.747. The van der Waals surface area contributed by atoms with Crippen molar-refractivity contribution < 1.29 is 19.2 Å². The van der Waals surface area contributed by atoms with Crippen LogP contribution in [0.25, 0.3) is 11.4 Å². The van der Waals surface area contributed by atoms with Crippen LogP contribution in [-0.4, -0.2) is 63.1 Å². The first-order valence-electron chi connectivity index (χ1n) is 10.6. The Kier molecular flexibility index (Phi) is 4.81. The Bertz CT molecular complexity index is 942. The van der Waals surface area contributed by atoms with Crippen molar-refractivity contribution in [2.75, 3.05) is 26.2 Å². The molecule has 5 rings (SSSR count). The summed E-state index contributed by atoms with van der Waals surface area (Å²) < 4.78 is 5.54. The maximum Gasteiger partial charge on any atom is 0.303 e. The summed E-state index contributed by atoms with van der Waals surface area (Å²) in [5, 5.41) is 13.4. The van der Waals surface area contributed by atoms with Crippen LogP contribution in [0.3, 0.4) is 0 Å². The Morgan fingerprint density at radius 3 is 2.80 bits per heavy atom. The average Bonchev–Trinajstić information content (AvgIpc) is 3.25. The number of rotatable bonds is 7. The molecule has 30 heavy (non-hydrogen) atoms. The van der Waals surface area contributed by atoms with E-state index < -0.39 is 5.97 Å².